The summed E-state index contributed by atoms with van der Waals surface area (Å²) >= 11 is 0. The van der Waals surface area contributed by atoms with E-state index in [0.29, 0.717) is 19.3 Å². The van der Waals surface area contributed by atoms with Crippen LogP contribution in [0.25, 0.3) is 0 Å². The molecule has 1 amide bonds. The number of hydrogen-bond donors (Lipinski definition) is 6. The summed E-state index contributed by atoms with van der Waals surface area (Å²) in [7, 11) is 0. The van der Waals surface area contributed by atoms with Gasteiger partial charge in [0.25, 0.3) is 0 Å². The lowest BCUT2D eigenvalue weighted by atomic mass is 9.99. The van der Waals surface area contributed by atoms with E-state index in [2.05, 4.69) is 116 Å². The first kappa shape index (κ1) is 50.1. The van der Waals surface area contributed by atoms with Gasteiger partial charge in [-0.05, 0) is 77.0 Å². The van der Waals surface area contributed by atoms with E-state index in [-0.39, 0.29) is 12.5 Å². The van der Waals surface area contributed by atoms with Gasteiger partial charge in [0, 0.05) is 6.42 Å². The van der Waals surface area contributed by atoms with E-state index in [0.717, 1.165) is 96.3 Å². The molecule has 9 heteroatoms. The summed E-state index contributed by atoms with van der Waals surface area (Å²) in [6.45, 7) is 3.56. The third-order valence-corrected chi connectivity index (χ3v) is 9.20. The molecule has 0 aliphatic carbocycles. The van der Waals surface area contributed by atoms with E-state index in [1.165, 1.54) is 0 Å². The van der Waals surface area contributed by atoms with Gasteiger partial charge in [-0.3, -0.25) is 4.79 Å². The maximum atomic E-state index is 12.8. The molecule has 0 saturated carbocycles. The van der Waals surface area contributed by atoms with Gasteiger partial charge < -0.3 is 40.3 Å². The molecule has 0 aromatic rings. The first-order valence-corrected chi connectivity index (χ1v) is 20.9. The molecule has 9 nitrogen and oxygen atoms in total. The number of aliphatic hydroxyl groups is 5. The van der Waals surface area contributed by atoms with Crippen molar-refractivity contribution in [2.75, 3.05) is 13.2 Å². The van der Waals surface area contributed by atoms with Crippen molar-refractivity contribution in [2.45, 2.75) is 172 Å². The van der Waals surface area contributed by atoms with Crippen LogP contribution in [-0.2, 0) is 14.3 Å². The van der Waals surface area contributed by atoms with E-state index >= 15 is 0 Å². The topological polar surface area (TPSA) is 149 Å². The van der Waals surface area contributed by atoms with Gasteiger partial charge in [-0.1, -0.05) is 143 Å². The molecule has 7 atom stereocenters. The Morgan fingerprint density at radius 1 is 0.636 bits per heavy atom. The molecule has 0 radical (unpaired) electrons. The SMILES string of the molecule is CC/C=C\C/C=C\C/C=C\C/C=C\C/C=C\C/C=C\C/C=C\C/C=C\CCCCC(=O)NC(COC1OC(CO)C(O)C(O)C1O)C(O)CCCCCCC. The molecule has 0 aromatic carbocycles. The second-order valence-corrected chi connectivity index (χ2v) is 14.1. The summed E-state index contributed by atoms with van der Waals surface area (Å²) in [6, 6.07) is -0.745. The minimum Gasteiger partial charge on any atom is -0.394 e. The van der Waals surface area contributed by atoms with Crippen molar-refractivity contribution >= 4 is 5.91 Å². The van der Waals surface area contributed by atoms with Gasteiger partial charge in [0.15, 0.2) is 6.29 Å². The Bertz CT molecular complexity index is 1170. The van der Waals surface area contributed by atoms with Crippen LogP contribution in [0.2, 0.25) is 0 Å². The maximum absolute atomic E-state index is 12.8. The number of carbonyl (C=O) groups is 1. The minimum absolute atomic E-state index is 0.166. The zero-order chi connectivity index (χ0) is 40.2. The molecular weight excluding hydrogens is 695 g/mol. The number of carbonyl (C=O) groups excluding carboxylic acids is 1. The van der Waals surface area contributed by atoms with E-state index in [9.17, 15) is 30.3 Å². The third-order valence-electron chi connectivity index (χ3n) is 9.20. The summed E-state index contributed by atoms with van der Waals surface area (Å²) in [5.74, 6) is -0.200. The van der Waals surface area contributed by atoms with E-state index in [1.54, 1.807) is 0 Å². The molecule has 55 heavy (non-hydrogen) atoms. The molecule has 6 N–H and O–H groups in total. The second kappa shape index (κ2) is 35.5. The van der Waals surface area contributed by atoms with Crippen LogP contribution in [0.1, 0.15) is 129 Å². The average molecular weight is 770 g/mol. The molecule has 0 bridgehead atoms. The number of ether oxygens (including phenoxy) is 2. The Morgan fingerprint density at radius 2 is 1.13 bits per heavy atom. The highest BCUT2D eigenvalue weighted by Crippen LogP contribution is 2.22. The van der Waals surface area contributed by atoms with Crippen molar-refractivity contribution in [3.8, 4) is 0 Å². The average Bonchev–Trinajstić information content (AvgIpc) is 3.18. The van der Waals surface area contributed by atoms with Gasteiger partial charge in [0.05, 0.1) is 25.4 Å². The van der Waals surface area contributed by atoms with Crippen molar-refractivity contribution in [3.05, 3.63) is 97.2 Å². The Kier molecular flexibility index (Phi) is 32.4. The van der Waals surface area contributed by atoms with Crippen molar-refractivity contribution in [1.29, 1.82) is 0 Å². The lowest BCUT2D eigenvalue weighted by Gasteiger charge is -2.40. The van der Waals surface area contributed by atoms with Crippen LogP contribution in [0.15, 0.2) is 97.2 Å². The number of aliphatic hydroxyl groups excluding tert-OH is 5. The number of rotatable bonds is 32. The molecule has 1 aliphatic heterocycles. The molecule has 7 unspecified atom stereocenters. The van der Waals surface area contributed by atoms with Gasteiger partial charge in [0.2, 0.25) is 5.91 Å². The molecule has 1 heterocycles. The number of unbranched alkanes of at least 4 members (excludes halogenated alkanes) is 6. The van der Waals surface area contributed by atoms with Gasteiger partial charge in [0.1, 0.15) is 24.4 Å². The van der Waals surface area contributed by atoms with Crippen molar-refractivity contribution in [2.24, 2.45) is 0 Å². The predicted octanol–water partition coefficient (Wildman–Crippen LogP) is 8.16. The molecule has 1 rings (SSSR count). The van der Waals surface area contributed by atoms with Gasteiger partial charge in [-0.15, -0.1) is 0 Å². The van der Waals surface area contributed by atoms with Crippen LogP contribution in [-0.4, -0.2) is 87.5 Å². The quantitative estimate of drug-likeness (QED) is 0.0297. The summed E-state index contributed by atoms with van der Waals surface area (Å²) in [6.07, 6.45) is 43.2. The second-order valence-electron chi connectivity index (χ2n) is 14.1. The van der Waals surface area contributed by atoms with Crippen molar-refractivity contribution < 1.29 is 39.8 Å². The number of amides is 1. The van der Waals surface area contributed by atoms with Crippen LogP contribution in [0.4, 0.5) is 0 Å². The van der Waals surface area contributed by atoms with Crippen LogP contribution in [0, 0.1) is 0 Å². The Balaban J connectivity index is 2.26. The molecule has 1 saturated heterocycles. The summed E-state index contributed by atoms with van der Waals surface area (Å²) in [5.41, 5.74) is 0. The summed E-state index contributed by atoms with van der Waals surface area (Å²) in [5, 5.41) is 53.7. The Hall–Kier alpha value is -2.89. The minimum atomic E-state index is -1.56. The fourth-order valence-electron chi connectivity index (χ4n) is 5.82. The zero-order valence-corrected chi connectivity index (χ0v) is 33.9. The highest BCUT2D eigenvalue weighted by molar-refractivity contribution is 5.76. The number of allylic oxidation sites excluding steroid dienone is 16. The highest BCUT2D eigenvalue weighted by atomic mass is 16.7. The van der Waals surface area contributed by atoms with Gasteiger partial charge >= 0.3 is 0 Å². The Morgan fingerprint density at radius 3 is 1.62 bits per heavy atom. The van der Waals surface area contributed by atoms with E-state index in [4.69, 9.17) is 9.47 Å². The third kappa shape index (κ3) is 26.6. The smallest absolute Gasteiger partial charge is 0.220 e. The molecule has 0 aromatic heterocycles. The molecule has 312 valence electrons. The summed E-state index contributed by atoms with van der Waals surface area (Å²) in [4.78, 5) is 12.8. The molecular formula is C46H75NO8. The molecule has 1 aliphatic rings. The fourth-order valence-corrected chi connectivity index (χ4v) is 5.82. The Labute approximate surface area is 333 Å². The fraction of sp³-hybridized carbons (Fsp3) is 0.630. The summed E-state index contributed by atoms with van der Waals surface area (Å²) < 4.78 is 11.1. The zero-order valence-electron chi connectivity index (χ0n) is 33.9. The van der Waals surface area contributed by atoms with E-state index < -0.39 is 49.5 Å². The number of hydrogen-bond acceptors (Lipinski definition) is 8. The highest BCUT2D eigenvalue weighted by Gasteiger charge is 2.44. The van der Waals surface area contributed by atoms with Crippen LogP contribution in [0.3, 0.4) is 0 Å². The largest absolute Gasteiger partial charge is 0.394 e. The van der Waals surface area contributed by atoms with Crippen LogP contribution < -0.4 is 5.32 Å². The van der Waals surface area contributed by atoms with Crippen LogP contribution >= 0.6 is 0 Å². The normalized spacial score (nSPS) is 22.3. The van der Waals surface area contributed by atoms with Gasteiger partial charge in [-0.2, -0.15) is 0 Å². The molecule has 1 fully saturated rings. The van der Waals surface area contributed by atoms with Crippen LogP contribution in [0.5, 0.6) is 0 Å². The lowest BCUT2D eigenvalue weighted by Crippen LogP contribution is -2.60. The number of nitrogens with one attached hydrogen (secondary N) is 1. The monoisotopic (exact) mass is 770 g/mol. The van der Waals surface area contributed by atoms with Gasteiger partial charge in [-0.25, -0.2) is 0 Å². The molecule has 0 spiro atoms. The van der Waals surface area contributed by atoms with E-state index in [1.807, 2.05) is 0 Å². The standard InChI is InChI=1S/C46H75NO8/c1-3-5-7-9-10-11-12-13-14-15-16-17-18-19-20-21-22-23-24-25-26-27-28-29-30-32-34-36-42(50)47-39(40(49)35-33-31-8-6-4-2)38-54-46-45(53)44(52)43(51)41(37-48)55-46/h5,7,10-11,13-14,16-17,19-20,22-23,25-26,28-29,39-41,43-46,48-49,51-53H,3-4,6,8-9,12,15,18,21,24,27,30-38H2,1-2H3,(H,47,50)/b7-5-,11-10-,14-13-,17-16-,20-19-,23-22-,26-25-,29-28-. The van der Waals surface area contributed by atoms with Crippen molar-refractivity contribution in [3.63, 3.8) is 0 Å². The maximum Gasteiger partial charge on any atom is 0.220 e. The first-order chi connectivity index (χ1) is 26.8. The van der Waals surface area contributed by atoms with Crippen molar-refractivity contribution in [1.82, 2.24) is 5.32 Å². The predicted molar refractivity (Wildman–Crippen MR) is 225 cm³/mol. The lowest BCUT2D eigenvalue weighted by molar-refractivity contribution is -0.302. The first-order valence-electron chi connectivity index (χ1n) is 20.9.